The number of rotatable bonds is 6. The molecule has 3 rings (SSSR count). The van der Waals surface area contributed by atoms with E-state index in [-0.39, 0.29) is 0 Å². The summed E-state index contributed by atoms with van der Waals surface area (Å²) in [5.41, 5.74) is 2.71. The summed E-state index contributed by atoms with van der Waals surface area (Å²) >= 11 is 1.34. The van der Waals surface area contributed by atoms with Gasteiger partial charge < -0.3 is 5.11 Å². The third kappa shape index (κ3) is 4.11. The molecule has 2 aromatic carbocycles. The van der Waals surface area contributed by atoms with Crippen LogP contribution in [0.25, 0.3) is 11.3 Å². The highest BCUT2D eigenvalue weighted by molar-refractivity contribution is 7.13. The van der Waals surface area contributed by atoms with Crippen LogP contribution in [0.5, 0.6) is 0 Å². The SMILES string of the molecule is O=C(O)C(Cc1ccccc1)N=Nc1nc(-c2ccccc2)cs1. The standard InChI is InChI=1S/C18H15N3O2S/c22-17(23)15(11-13-7-3-1-4-8-13)20-21-18-19-16(12-24-18)14-9-5-2-6-10-14/h1-10,12,15H,11H2,(H,22,23). The Labute approximate surface area is 143 Å². The molecule has 3 aromatic rings. The van der Waals surface area contributed by atoms with Gasteiger partial charge in [-0.2, -0.15) is 5.11 Å². The topological polar surface area (TPSA) is 74.9 Å². The van der Waals surface area contributed by atoms with Gasteiger partial charge in [0.05, 0.1) is 5.69 Å². The van der Waals surface area contributed by atoms with E-state index in [1.54, 1.807) is 0 Å². The van der Waals surface area contributed by atoms with Crippen molar-refractivity contribution in [2.45, 2.75) is 12.5 Å². The van der Waals surface area contributed by atoms with Crippen molar-refractivity contribution in [3.63, 3.8) is 0 Å². The minimum absolute atomic E-state index is 0.302. The van der Waals surface area contributed by atoms with Gasteiger partial charge in [0, 0.05) is 17.4 Å². The van der Waals surface area contributed by atoms with Gasteiger partial charge in [-0.15, -0.1) is 16.5 Å². The summed E-state index contributed by atoms with van der Waals surface area (Å²) in [6.45, 7) is 0. The second-order valence-electron chi connectivity index (χ2n) is 5.14. The molecular weight excluding hydrogens is 322 g/mol. The minimum Gasteiger partial charge on any atom is -0.480 e. The zero-order chi connectivity index (χ0) is 16.8. The van der Waals surface area contributed by atoms with Gasteiger partial charge in [-0.05, 0) is 5.56 Å². The molecule has 120 valence electrons. The maximum absolute atomic E-state index is 11.4. The van der Waals surface area contributed by atoms with Crippen LogP contribution in [0.3, 0.4) is 0 Å². The number of thiazole rings is 1. The molecule has 1 heterocycles. The first kappa shape index (κ1) is 16.0. The monoisotopic (exact) mass is 337 g/mol. The minimum atomic E-state index is -0.998. The van der Waals surface area contributed by atoms with Gasteiger partial charge in [0.2, 0.25) is 5.13 Å². The van der Waals surface area contributed by atoms with Crippen LogP contribution in [0, 0.1) is 0 Å². The number of aliphatic carboxylic acids is 1. The fraction of sp³-hybridized carbons (Fsp3) is 0.111. The molecule has 0 aliphatic rings. The van der Waals surface area contributed by atoms with Crippen LogP contribution >= 0.6 is 11.3 Å². The first-order valence-electron chi connectivity index (χ1n) is 7.41. The van der Waals surface area contributed by atoms with Gasteiger partial charge in [0.25, 0.3) is 0 Å². The van der Waals surface area contributed by atoms with Crippen LogP contribution in [-0.4, -0.2) is 22.1 Å². The number of carbonyl (C=O) groups is 1. The van der Waals surface area contributed by atoms with Crippen molar-refractivity contribution < 1.29 is 9.90 Å². The Hall–Kier alpha value is -2.86. The Balaban J connectivity index is 1.73. The molecule has 0 fully saturated rings. The summed E-state index contributed by atoms with van der Waals surface area (Å²) in [6, 6.07) is 18.2. The fourth-order valence-corrected chi connectivity index (χ4v) is 2.84. The van der Waals surface area contributed by atoms with Crippen LogP contribution in [0.2, 0.25) is 0 Å². The largest absolute Gasteiger partial charge is 0.480 e. The van der Waals surface area contributed by atoms with E-state index >= 15 is 0 Å². The lowest BCUT2D eigenvalue weighted by Crippen LogP contribution is -2.20. The van der Waals surface area contributed by atoms with Crippen molar-refractivity contribution in [3.8, 4) is 11.3 Å². The van der Waals surface area contributed by atoms with Crippen molar-refractivity contribution in [1.82, 2.24) is 4.98 Å². The lowest BCUT2D eigenvalue weighted by Gasteiger charge is -2.05. The summed E-state index contributed by atoms with van der Waals surface area (Å²) in [7, 11) is 0. The number of carboxylic acids is 1. The molecule has 0 radical (unpaired) electrons. The zero-order valence-electron chi connectivity index (χ0n) is 12.7. The number of hydrogen-bond acceptors (Lipinski definition) is 5. The highest BCUT2D eigenvalue weighted by Gasteiger charge is 2.17. The molecule has 5 nitrogen and oxygen atoms in total. The van der Waals surface area contributed by atoms with E-state index in [1.165, 1.54) is 11.3 Å². The average Bonchev–Trinajstić information content (AvgIpc) is 3.09. The van der Waals surface area contributed by atoms with E-state index in [0.717, 1.165) is 16.8 Å². The average molecular weight is 337 g/mol. The first-order valence-corrected chi connectivity index (χ1v) is 8.29. The highest BCUT2D eigenvalue weighted by Crippen LogP contribution is 2.27. The normalized spacial score (nSPS) is 12.3. The maximum Gasteiger partial charge on any atom is 0.330 e. The molecule has 1 unspecified atom stereocenters. The number of azo groups is 1. The van der Waals surface area contributed by atoms with E-state index in [9.17, 15) is 9.90 Å². The molecule has 1 atom stereocenters. The second-order valence-corrected chi connectivity index (χ2v) is 5.98. The molecule has 0 saturated heterocycles. The molecule has 6 heteroatoms. The molecule has 24 heavy (non-hydrogen) atoms. The van der Waals surface area contributed by atoms with Crippen molar-refractivity contribution in [2.75, 3.05) is 0 Å². The fourth-order valence-electron chi connectivity index (χ4n) is 2.19. The van der Waals surface area contributed by atoms with Gasteiger partial charge in [0.15, 0.2) is 6.04 Å². The quantitative estimate of drug-likeness (QED) is 0.668. The lowest BCUT2D eigenvalue weighted by molar-refractivity contribution is -0.138. The third-order valence-corrected chi connectivity index (χ3v) is 4.13. The van der Waals surface area contributed by atoms with E-state index in [1.807, 2.05) is 66.0 Å². The molecule has 0 saturated carbocycles. The van der Waals surface area contributed by atoms with Crippen molar-refractivity contribution in [3.05, 3.63) is 71.6 Å². The number of benzene rings is 2. The molecule has 1 N–H and O–H groups in total. The molecule has 0 spiro atoms. The molecule has 0 aliphatic heterocycles. The van der Waals surface area contributed by atoms with Gasteiger partial charge in [-0.25, -0.2) is 9.78 Å². The maximum atomic E-state index is 11.4. The van der Waals surface area contributed by atoms with Crippen molar-refractivity contribution in [2.24, 2.45) is 10.2 Å². The van der Waals surface area contributed by atoms with E-state index in [0.29, 0.717) is 11.6 Å². The molecule has 1 aromatic heterocycles. The van der Waals surface area contributed by atoms with E-state index in [2.05, 4.69) is 15.2 Å². The van der Waals surface area contributed by atoms with Crippen LogP contribution in [0.4, 0.5) is 5.13 Å². The summed E-state index contributed by atoms with van der Waals surface area (Å²) in [6.07, 6.45) is 0.302. The Bertz CT molecular complexity index is 832. The predicted molar refractivity (Wildman–Crippen MR) is 93.6 cm³/mol. The van der Waals surface area contributed by atoms with Crippen molar-refractivity contribution in [1.29, 1.82) is 0 Å². The number of carboxylic acid groups (broad SMARTS) is 1. The van der Waals surface area contributed by atoms with Crippen LogP contribution in [-0.2, 0) is 11.2 Å². The van der Waals surface area contributed by atoms with Crippen LogP contribution in [0.1, 0.15) is 5.56 Å². The second kappa shape index (κ2) is 7.61. The molecule has 0 aliphatic carbocycles. The Kier molecular flexibility index (Phi) is 5.08. The van der Waals surface area contributed by atoms with Crippen molar-refractivity contribution >= 4 is 22.4 Å². The van der Waals surface area contributed by atoms with Gasteiger partial charge in [0.1, 0.15) is 0 Å². The van der Waals surface area contributed by atoms with Gasteiger partial charge in [-0.1, -0.05) is 60.7 Å². The zero-order valence-corrected chi connectivity index (χ0v) is 13.6. The Morgan fingerprint density at radius 3 is 2.42 bits per heavy atom. The van der Waals surface area contributed by atoms with Crippen LogP contribution < -0.4 is 0 Å². The summed E-state index contributed by atoms with van der Waals surface area (Å²) in [5, 5.41) is 19.7. The highest BCUT2D eigenvalue weighted by atomic mass is 32.1. The number of hydrogen-bond donors (Lipinski definition) is 1. The third-order valence-electron chi connectivity index (χ3n) is 3.40. The van der Waals surface area contributed by atoms with Gasteiger partial charge >= 0.3 is 5.97 Å². The summed E-state index contributed by atoms with van der Waals surface area (Å²) < 4.78 is 0. The summed E-state index contributed by atoms with van der Waals surface area (Å²) in [5.74, 6) is -0.998. The first-order chi connectivity index (χ1) is 11.7. The molecule has 0 bridgehead atoms. The summed E-state index contributed by atoms with van der Waals surface area (Å²) in [4.78, 5) is 15.8. The van der Waals surface area contributed by atoms with E-state index in [4.69, 9.17) is 0 Å². The Morgan fingerprint density at radius 2 is 1.75 bits per heavy atom. The molecular formula is C18H15N3O2S. The number of nitrogens with zero attached hydrogens (tertiary/aromatic N) is 3. The smallest absolute Gasteiger partial charge is 0.330 e. The number of aromatic nitrogens is 1. The predicted octanol–water partition coefficient (Wildman–Crippen LogP) is 4.59. The molecule has 0 amide bonds. The Morgan fingerprint density at radius 1 is 1.08 bits per heavy atom. The van der Waals surface area contributed by atoms with Crippen LogP contribution in [0.15, 0.2) is 76.3 Å². The van der Waals surface area contributed by atoms with Gasteiger partial charge in [-0.3, -0.25) is 0 Å². The van der Waals surface area contributed by atoms with E-state index < -0.39 is 12.0 Å². The lowest BCUT2D eigenvalue weighted by atomic mass is 10.1.